The fraction of sp³-hybridized carbons (Fsp3) is 0.688. The Bertz CT molecular complexity index is 565. The first-order valence-corrected chi connectivity index (χ1v) is 8.45. The standard InChI is InChI=1S/C16H28N6O2.ClH/c1-4-5-18-14(23)11-21(3)15(24)12-22-9-6-17-10-13(22)16-19-7-8-20(16)2;/h7-8,13,17H,4-6,9-12H2,1-3H3,(H,18,23);1H. The van der Waals surface area contributed by atoms with Crippen molar-refractivity contribution in [3.63, 3.8) is 0 Å². The van der Waals surface area contributed by atoms with Crippen LogP contribution in [-0.4, -0.2) is 77.5 Å². The Morgan fingerprint density at radius 1 is 1.48 bits per heavy atom. The number of amides is 2. The van der Waals surface area contributed by atoms with E-state index in [1.54, 1.807) is 13.2 Å². The van der Waals surface area contributed by atoms with Crippen LogP contribution in [0.3, 0.4) is 0 Å². The lowest BCUT2D eigenvalue weighted by atomic mass is 10.1. The zero-order chi connectivity index (χ0) is 17.5. The van der Waals surface area contributed by atoms with Gasteiger partial charge in [-0.25, -0.2) is 4.98 Å². The molecule has 0 aliphatic carbocycles. The number of hydrogen-bond donors (Lipinski definition) is 2. The number of carbonyl (C=O) groups excluding carboxylic acids is 2. The smallest absolute Gasteiger partial charge is 0.239 e. The van der Waals surface area contributed by atoms with E-state index in [9.17, 15) is 9.59 Å². The molecule has 0 spiro atoms. The van der Waals surface area contributed by atoms with Gasteiger partial charge in [-0.15, -0.1) is 12.4 Å². The second-order valence-corrected chi connectivity index (χ2v) is 6.19. The van der Waals surface area contributed by atoms with Gasteiger partial charge >= 0.3 is 0 Å². The third kappa shape index (κ3) is 5.98. The Labute approximate surface area is 155 Å². The zero-order valence-corrected chi connectivity index (χ0v) is 16.0. The van der Waals surface area contributed by atoms with Crippen molar-refractivity contribution in [3.8, 4) is 0 Å². The Morgan fingerprint density at radius 2 is 2.24 bits per heavy atom. The van der Waals surface area contributed by atoms with Gasteiger partial charge in [0.15, 0.2) is 0 Å². The summed E-state index contributed by atoms with van der Waals surface area (Å²) in [6.45, 7) is 5.40. The van der Waals surface area contributed by atoms with Gasteiger partial charge in [0.2, 0.25) is 11.8 Å². The van der Waals surface area contributed by atoms with Crippen molar-refractivity contribution in [2.45, 2.75) is 19.4 Å². The fourth-order valence-corrected chi connectivity index (χ4v) is 2.81. The average molecular weight is 373 g/mol. The van der Waals surface area contributed by atoms with E-state index < -0.39 is 0 Å². The van der Waals surface area contributed by atoms with E-state index in [4.69, 9.17) is 0 Å². The number of aromatic nitrogens is 2. The molecule has 0 saturated carbocycles. The van der Waals surface area contributed by atoms with E-state index in [1.165, 1.54) is 4.90 Å². The molecule has 2 rings (SSSR count). The molecular formula is C16H29ClN6O2. The first-order chi connectivity index (χ1) is 11.5. The van der Waals surface area contributed by atoms with Crippen LogP contribution in [0.1, 0.15) is 25.2 Å². The summed E-state index contributed by atoms with van der Waals surface area (Å²) < 4.78 is 1.98. The lowest BCUT2D eigenvalue weighted by molar-refractivity contribution is -0.136. The number of halogens is 1. The number of rotatable bonds is 7. The van der Waals surface area contributed by atoms with Crippen molar-refractivity contribution in [1.82, 2.24) is 30.0 Å². The molecule has 1 unspecified atom stereocenters. The molecule has 25 heavy (non-hydrogen) atoms. The maximum absolute atomic E-state index is 12.5. The molecule has 2 heterocycles. The van der Waals surface area contributed by atoms with Crippen LogP contribution in [0.2, 0.25) is 0 Å². The predicted molar refractivity (Wildman–Crippen MR) is 98.6 cm³/mol. The quantitative estimate of drug-likeness (QED) is 0.691. The Kier molecular flexibility index (Phi) is 8.88. The van der Waals surface area contributed by atoms with Gasteiger partial charge in [0.05, 0.1) is 19.1 Å². The number of aryl methyl sites for hydroxylation is 1. The van der Waals surface area contributed by atoms with Crippen LogP contribution in [-0.2, 0) is 16.6 Å². The molecule has 1 saturated heterocycles. The number of likely N-dealkylation sites (N-methyl/N-ethyl adjacent to an activating group) is 1. The third-order valence-electron chi connectivity index (χ3n) is 4.23. The number of carbonyl (C=O) groups is 2. The topological polar surface area (TPSA) is 82.5 Å². The van der Waals surface area contributed by atoms with Gasteiger partial charge in [-0.2, -0.15) is 0 Å². The summed E-state index contributed by atoms with van der Waals surface area (Å²) in [6, 6.07) is 0.0602. The molecule has 1 fully saturated rings. The molecule has 0 aromatic carbocycles. The predicted octanol–water partition coefficient (Wildman–Crippen LogP) is -0.227. The van der Waals surface area contributed by atoms with Crippen molar-refractivity contribution >= 4 is 24.2 Å². The first kappa shape index (κ1) is 21.4. The van der Waals surface area contributed by atoms with Gasteiger partial charge in [-0.05, 0) is 6.42 Å². The van der Waals surface area contributed by atoms with Crippen LogP contribution in [0.15, 0.2) is 12.4 Å². The van der Waals surface area contributed by atoms with Crippen molar-refractivity contribution in [3.05, 3.63) is 18.2 Å². The second kappa shape index (κ2) is 10.4. The Balaban J connectivity index is 0.00000312. The molecule has 2 amide bonds. The van der Waals surface area contributed by atoms with E-state index in [2.05, 4.69) is 20.5 Å². The van der Waals surface area contributed by atoms with E-state index in [0.717, 1.165) is 31.9 Å². The number of piperazine rings is 1. The normalized spacial score (nSPS) is 17.6. The molecule has 142 valence electrons. The molecule has 1 aromatic rings. The van der Waals surface area contributed by atoms with Crippen LogP contribution in [0, 0.1) is 0 Å². The van der Waals surface area contributed by atoms with E-state index >= 15 is 0 Å². The minimum atomic E-state index is -0.117. The summed E-state index contributed by atoms with van der Waals surface area (Å²) in [5.74, 6) is 0.773. The lowest BCUT2D eigenvalue weighted by Gasteiger charge is -2.35. The molecule has 1 aliphatic rings. The van der Waals surface area contributed by atoms with Crippen LogP contribution < -0.4 is 10.6 Å². The molecule has 9 heteroatoms. The van der Waals surface area contributed by atoms with Crippen molar-refractivity contribution < 1.29 is 9.59 Å². The van der Waals surface area contributed by atoms with Gasteiger partial charge in [0.1, 0.15) is 5.82 Å². The molecule has 8 nitrogen and oxygen atoms in total. The number of nitrogens with zero attached hydrogens (tertiary/aromatic N) is 4. The number of imidazole rings is 1. The lowest BCUT2D eigenvalue weighted by Crippen LogP contribution is -2.51. The van der Waals surface area contributed by atoms with Gasteiger partial charge in [-0.3, -0.25) is 14.5 Å². The molecule has 1 aliphatic heterocycles. The molecule has 1 aromatic heterocycles. The van der Waals surface area contributed by atoms with E-state index in [0.29, 0.717) is 6.54 Å². The number of nitrogens with one attached hydrogen (secondary N) is 2. The highest BCUT2D eigenvalue weighted by molar-refractivity contribution is 5.85. The fourth-order valence-electron chi connectivity index (χ4n) is 2.81. The average Bonchev–Trinajstić information content (AvgIpc) is 2.99. The van der Waals surface area contributed by atoms with Crippen LogP contribution in [0.5, 0.6) is 0 Å². The van der Waals surface area contributed by atoms with Crippen LogP contribution >= 0.6 is 12.4 Å². The van der Waals surface area contributed by atoms with Gasteiger partial charge in [0.25, 0.3) is 0 Å². The van der Waals surface area contributed by atoms with Gasteiger partial charge in [0, 0.05) is 52.7 Å². The zero-order valence-electron chi connectivity index (χ0n) is 15.2. The van der Waals surface area contributed by atoms with Crippen molar-refractivity contribution in [2.24, 2.45) is 7.05 Å². The molecule has 0 bridgehead atoms. The monoisotopic (exact) mass is 372 g/mol. The highest BCUT2D eigenvalue weighted by Crippen LogP contribution is 2.20. The second-order valence-electron chi connectivity index (χ2n) is 6.19. The molecule has 2 N–H and O–H groups in total. The maximum atomic E-state index is 12.5. The van der Waals surface area contributed by atoms with Crippen molar-refractivity contribution in [1.29, 1.82) is 0 Å². The van der Waals surface area contributed by atoms with E-state index in [-0.39, 0.29) is 43.4 Å². The summed E-state index contributed by atoms with van der Waals surface area (Å²) in [5, 5.41) is 6.14. The summed E-state index contributed by atoms with van der Waals surface area (Å²) >= 11 is 0. The molecular weight excluding hydrogens is 344 g/mol. The summed E-state index contributed by atoms with van der Waals surface area (Å²) in [5.41, 5.74) is 0. The SMILES string of the molecule is CCCNC(=O)CN(C)C(=O)CN1CCNCC1c1nccn1C.Cl. The third-order valence-corrected chi connectivity index (χ3v) is 4.23. The summed E-state index contributed by atoms with van der Waals surface area (Å²) in [6.07, 6.45) is 4.57. The van der Waals surface area contributed by atoms with Crippen LogP contribution in [0.25, 0.3) is 0 Å². The largest absolute Gasteiger partial charge is 0.355 e. The minimum Gasteiger partial charge on any atom is -0.355 e. The van der Waals surface area contributed by atoms with Crippen LogP contribution in [0.4, 0.5) is 0 Å². The molecule has 1 atom stereocenters. The summed E-state index contributed by atoms with van der Waals surface area (Å²) in [7, 11) is 3.63. The highest BCUT2D eigenvalue weighted by Gasteiger charge is 2.29. The molecule has 0 radical (unpaired) electrons. The summed E-state index contributed by atoms with van der Waals surface area (Å²) in [4.78, 5) is 32.3. The van der Waals surface area contributed by atoms with E-state index in [1.807, 2.05) is 24.7 Å². The maximum Gasteiger partial charge on any atom is 0.239 e. The Hall–Kier alpha value is -1.64. The van der Waals surface area contributed by atoms with Gasteiger partial charge in [-0.1, -0.05) is 6.92 Å². The van der Waals surface area contributed by atoms with Gasteiger partial charge < -0.3 is 20.1 Å². The Morgan fingerprint density at radius 3 is 2.88 bits per heavy atom. The highest BCUT2D eigenvalue weighted by atomic mass is 35.5. The van der Waals surface area contributed by atoms with Crippen molar-refractivity contribution in [2.75, 3.05) is 46.3 Å². The first-order valence-electron chi connectivity index (χ1n) is 8.45. The minimum absolute atomic E-state index is 0. The number of hydrogen-bond acceptors (Lipinski definition) is 5.